The van der Waals surface area contributed by atoms with Crippen molar-refractivity contribution in [3.05, 3.63) is 90.0 Å². The van der Waals surface area contributed by atoms with Crippen LogP contribution in [0.15, 0.2) is 78.9 Å². The summed E-state index contributed by atoms with van der Waals surface area (Å²) in [7, 11) is 4.36. The van der Waals surface area contributed by atoms with E-state index in [2.05, 4.69) is 78.5 Å². The molecule has 1 heterocycles. The fourth-order valence-electron chi connectivity index (χ4n) is 3.94. The van der Waals surface area contributed by atoms with Gasteiger partial charge >= 0.3 is 0 Å². The number of rotatable bonds is 7. The Morgan fingerprint density at radius 3 is 2.38 bits per heavy atom. The summed E-state index contributed by atoms with van der Waals surface area (Å²) in [4.78, 5) is 4.90. The van der Waals surface area contributed by atoms with Crippen LogP contribution in [-0.2, 0) is 13.2 Å². The van der Waals surface area contributed by atoms with Gasteiger partial charge in [-0.15, -0.1) is 0 Å². The molecular formula is C26H30N2O. The predicted octanol–water partition coefficient (Wildman–Crippen LogP) is 5.07. The summed E-state index contributed by atoms with van der Waals surface area (Å²) in [6.45, 7) is 3.97. The second kappa shape index (κ2) is 9.25. The number of hydrogen-bond donors (Lipinski definition) is 0. The number of benzene rings is 3. The summed E-state index contributed by atoms with van der Waals surface area (Å²) < 4.78 is 5.99. The van der Waals surface area contributed by atoms with E-state index in [-0.39, 0.29) is 0 Å². The Morgan fingerprint density at radius 2 is 1.66 bits per heavy atom. The molecule has 0 aliphatic carbocycles. The van der Waals surface area contributed by atoms with Gasteiger partial charge < -0.3 is 9.64 Å². The van der Waals surface area contributed by atoms with Crippen molar-refractivity contribution >= 4 is 0 Å². The van der Waals surface area contributed by atoms with Crippen LogP contribution in [0.4, 0.5) is 0 Å². The van der Waals surface area contributed by atoms with Crippen molar-refractivity contribution in [1.82, 2.24) is 9.80 Å². The summed E-state index contributed by atoms with van der Waals surface area (Å²) in [6, 6.07) is 28.3. The molecule has 4 rings (SSSR count). The minimum Gasteiger partial charge on any atom is -0.489 e. The minimum atomic E-state index is 0.590. The van der Waals surface area contributed by atoms with E-state index < -0.39 is 0 Å². The highest BCUT2D eigenvalue weighted by Gasteiger charge is 2.23. The fourth-order valence-corrected chi connectivity index (χ4v) is 3.94. The standard InChI is InChI=1S/C26H30N2O/c1-27(2)25-15-16-28(19-25)18-21-11-13-23(14-12-21)24-9-6-10-26(17-24)29-20-22-7-4-3-5-8-22/h3-14,17,25H,15-16,18-20H2,1-2H3. The molecule has 1 aliphatic heterocycles. The van der Waals surface area contributed by atoms with E-state index >= 15 is 0 Å². The van der Waals surface area contributed by atoms with Crippen LogP contribution < -0.4 is 4.74 Å². The van der Waals surface area contributed by atoms with Crippen LogP contribution in [0.5, 0.6) is 5.75 Å². The molecule has 0 spiro atoms. The SMILES string of the molecule is CN(C)C1CCN(Cc2ccc(-c3cccc(OCc4ccccc4)c3)cc2)C1. The van der Waals surface area contributed by atoms with Crippen molar-refractivity contribution < 1.29 is 4.74 Å². The van der Waals surface area contributed by atoms with Gasteiger partial charge in [-0.3, -0.25) is 4.90 Å². The largest absolute Gasteiger partial charge is 0.489 e. The molecule has 0 aromatic heterocycles. The molecule has 3 aromatic carbocycles. The molecule has 1 atom stereocenters. The van der Waals surface area contributed by atoms with Gasteiger partial charge in [0.2, 0.25) is 0 Å². The Hall–Kier alpha value is -2.62. The number of ether oxygens (including phenoxy) is 1. The molecule has 1 saturated heterocycles. The van der Waals surface area contributed by atoms with Crippen LogP contribution in [0.3, 0.4) is 0 Å². The van der Waals surface area contributed by atoms with Crippen LogP contribution >= 0.6 is 0 Å². The Morgan fingerprint density at radius 1 is 0.862 bits per heavy atom. The van der Waals surface area contributed by atoms with Crippen LogP contribution in [0.25, 0.3) is 11.1 Å². The Labute approximate surface area is 174 Å². The zero-order valence-electron chi connectivity index (χ0n) is 17.4. The van der Waals surface area contributed by atoms with E-state index in [0.717, 1.165) is 18.8 Å². The first-order valence-electron chi connectivity index (χ1n) is 10.4. The third-order valence-electron chi connectivity index (χ3n) is 5.75. The summed E-state index contributed by atoms with van der Waals surface area (Å²) in [5.74, 6) is 0.905. The van der Waals surface area contributed by atoms with Gasteiger partial charge in [0.1, 0.15) is 12.4 Å². The normalized spacial score (nSPS) is 17.0. The monoisotopic (exact) mass is 386 g/mol. The van der Waals surface area contributed by atoms with E-state index in [1.54, 1.807) is 0 Å². The number of hydrogen-bond acceptors (Lipinski definition) is 3. The first kappa shape index (κ1) is 19.7. The molecule has 1 fully saturated rings. The quantitative estimate of drug-likeness (QED) is 0.564. The lowest BCUT2D eigenvalue weighted by molar-refractivity contribution is 0.264. The molecule has 1 unspecified atom stereocenters. The van der Waals surface area contributed by atoms with Gasteiger partial charge in [0, 0.05) is 25.7 Å². The lowest BCUT2D eigenvalue weighted by Crippen LogP contribution is -2.31. The van der Waals surface area contributed by atoms with Gasteiger partial charge in [-0.2, -0.15) is 0 Å². The van der Waals surface area contributed by atoms with E-state index in [1.165, 1.54) is 35.2 Å². The third kappa shape index (κ3) is 5.26. The van der Waals surface area contributed by atoms with Gasteiger partial charge in [0.05, 0.1) is 0 Å². The smallest absolute Gasteiger partial charge is 0.120 e. The molecule has 0 amide bonds. The van der Waals surface area contributed by atoms with Gasteiger partial charge in [-0.1, -0.05) is 66.7 Å². The van der Waals surface area contributed by atoms with E-state index in [0.29, 0.717) is 12.6 Å². The summed E-state index contributed by atoms with van der Waals surface area (Å²) in [5.41, 5.74) is 4.98. The predicted molar refractivity (Wildman–Crippen MR) is 120 cm³/mol. The summed E-state index contributed by atoms with van der Waals surface area (Å²) in [5, 5.41) is 0. The molecule has 150 valence electrons. The first-order valence-corrected chi connectivity index (χ1v) is 10.4. The second-order valence-corrected chi connectivity index (χ2v) is 8.14. The molecule has 0 N–H and O–H groups in total. The van der Waals surface area contributed by atoms with Crippen molar-refractivity contribution in [3.63, 3.8) is 0 Å². The third-order valence-corrected chi connectivity index (χ3v) is 5.75. The van der Waals surface area contributed by atoms with Gasteiger partial charge in [0.15, 0.2) is 0 Å². The molecule has 3 heteroatoms. The van der Waals surface area contributed by atoms with Crippen LogP contribution in [0.1, 0.15) is 17.5 Å². The van der Waals surface area contributed by atoms with Gasteiger partial charge in [0.25, 0.3) is 0 Å². The van der Waals surface area contributed by atoms with Crippen molar-refractivity contribution in [2.24, 2.45) is 0 Å². The highest BCUT2D eigenvalue weighted by molar-refractivity contribution is 5.65. The first-order chi connectivity index (χ1) is 14.2. The zero-order chi connectivity index (χ0) is 20.1. The number of nitrogens with zero attached hydrogens (tertiary/aromatic N) is 2. The van der Waals surface area contributed by atoms with Gasteiger partial charge in [-0.25, -0.2) is 0 Å². The average molecular weight is 387 g/mol. The Bertz CT molecular complexity index is 906. The Kier molecular flexibility index (Phi) is 6.28. The maximum absolute atomic E-state index is 5.99. The van der Waals surface area contributed by atoms with Crippen LogP contribution in [0.2, 0.25) is 0 Å². The van der Waals surface area contributed by atoms with E-state index in [4.69, 9.17) is 4.74 Å². The highest BCUT2D eigenvalue weighted by Crippen LogP contribution is 2.25. The van der Waals surface area contributed by atoms with Crippen LogP contribution in [0, 0.1) is 0 Å². The Balaban J connectivity index is 1.37. The van der Waals surface area contributed by atoms with Crippen molar-refractivity contribution in [2.75, 3.05) is 27.2 Å². The second-order valence-electron chi connectivity index (χ2n) is 8.14. The molecule has 1 aliphatic rings. The molecular weight excluding hydrogens is 356 g/mol. The molecule has 3 nitrogen and oxygen atoms in total. The molecule has 29 heavy (non-hydrogen) atoms. The molecule has 0 saturated carbocycles. The topological polar surface area (TPSA) is 15.7 Å². The van der Waals surface area contributed by atoms with Crippen LogP contribution in [-0.4, -0.2) is 43.0 Å². The van der Waals surface area contributed by atoms with E-state index in [1.807, 2.05) is 24.3 Å². The highest BCUT2D eigenvalue weighted by atomic mass is 16.5. The lowest BCUT2D eigenvalue weighted by Gasteiger charge is -2.20. The van der Waals surface area contributed by atoms with Gasteiger partial charge in [-0.05, 0) is 54.9 Å². The number of likely N-dealkylation sites (tertiary alicyclic amines) is 1. The number of likely N-dealkylation sites (N-methyl/N-ethyl adjacent to an activating group) is 1. The minimum absolute atomic E-state index is 0.590. The van der Waals surface area contributed by atoms with E-state index in [9.17, 15) is 0 Å². The van der Waals surface area contributed by atoms with Crippen molar-refractivity contribution in [1.29, 1.82) is 0 Å². The lowest BCUT2D eigenvalue weighted by atomic mass is 10.0. The zero-order valence-corrected chi connectivity index (χ0v) is 17.4. The molecule has 0 radical (unpaired) electrons. The summed E-state index contributed by atoms with van der Waals surface area (Å²) in [6.07, 6.45) is 1.26. The maximum Gasteiger partial charge on any atom is 0.120 e. The maximum atomic E-state index is 5.99. The summed E-state index contributed by atoms with van der Waals surface area (Å²) >= 11 is 0. The van der Waals surface area contributed by atoms with Crippen molar-refractivity contribution in [3.8, 4) is 16.9 Å². The average Bonchev–Trinajstić information content (AvgIpc) is 3.23. The fraction of sp³-hybridized carbons (Fsp3) is 0.308. The molecule has 3 aromatic rings. The van der Waals surface area contributed by atoms with Crippen molar-refractivity contribution in [2.45, 2.75) is 25.6 Å². The molecule has 0 bridgehead atoms.